The molecule has 5 nitrogen and oxygen atoms in total. The van der Waals surface area contributed by atoms with Crippen LogP contribution in [0.25, 0.3) is 0 Å². The fraction of sp³-hybridized carbons (Fsp3) is 0.333. The van der Waals surface area contributed by atoms with Gasteiger partial charge in [-0.1, -0.05) is 12.1 Å². The van der Waals surface area contributed by atoms with Crippen LogP contribution in [0, 0.1) is 0 Å². The summed E-state index contributed by atoms with van der Waals surface area (Å²) in [5.41, 5.74) is 1.16. The molecule has 0 saturated carbocycles. The number of hydrogen-bond acceptors (Lipinski definition) is 5. The number of aliphatic hydroxyl groups excluding tert-OH is 1. The summed E-state index contributed by atoms with van der Waals surface area (Å²) >= 11 is 1.59. The van der Waals surface area contributed by atoms with Crippen LogP contribution in [0.15, 0.2) is 36.7 Å². The third-order valence-electron chi connectivity index (χ3n) is 2.92. The van der Waals surface area contributed by atoms with Crippen molar-refractivity contribution in [2.75, 3.05) is 12.9 Å². The van der Waals surface area contributed by atoms with Gasteiger partial charge in [-0.2, -0.15) is 11.8 Å². The first-order valence-corrected chi connectivity index (χ1v) is 7.76. The molecule has 0 radical (unpaired) electrons. The number of aromatic amines is 1. The molecule has 1 aromatic heterocycles. The number of ether oxygens (including phenoxy) is 1. The van der Waals surface area contributed by atoms with Crippen LogP contribution in [0.2, 0.25) is 0 Å². The van der Waals surface area contributed by atoms with E-state index in [-0.39, 0.29) is 12.2 Å². The molecule has 1 heterocycles. The van der Waals surface area contributed by atoms with Crippen molar-refractivity contribution in [3.63, 3.8) is 0 Å². The first-order valence-electron chi connectivity index (χ1n) is 6.60. The number of ketones is 1. The van der Waals surface area contributed by atoms with E-state index >= 15 is 0 Å². The van der Waals surface area contributed by atoms with E-state index in [1.54, 1.807) is 25.1 Å². The average molecular weight is 306 g/mol. The molecule has 0 amide bonds. The molecule has 1 atom stereocenters. The van der Waals surface area contributed by atoms with Gasteiger partial charge in [0.1, 0.15) is 5.75 Å². The largest absolute Gasteiger partial charge is 0.497 e. The Bertz CT molecular complexity index is 555. The standard InChI is InChI=1S/C15H18N2O3S/c1-20-13-4-2-11(3-5-13)9-21-10-12(18)8-14(19)15-16-6-7-17-15/h2-7,12,18H,8-10H2,1H3,(H,16,17). The third kappa shape index (κ3) is 4.91. The number of nitrogens with zero attached hydrogens (tertiary/aromatic N) is 1. The number of aromatic nitrogens is 2. The maximum absolute atomic E-state index is 11.7. The molecule has 0 aliphatic carbocycles. The van der Waals surface area contributed by atoms with Gasteiger partial charge < -0.3 is 14.8 Å². The number of Topliss-reactive ketones (excluding diaryl/α,β-unsaturated/α-hetero) is 1. The summed E-state index contributed by atoms with van der Waals surface area (Å²) in [6.45, 7) is 0. The van der Waals surface area contributed by atoms with E-state index in [2.05, 4.69) is 9.97 Å². The number of carbonyl (C=O) groups is 1. The summed E-state index contributed by atoms with van der Waals surface area (Å²) < 4.78 is 5.10. The highest BCUT2D eigenvalue weighted by molar-refractivity contribution is 7.98. The molecule has 2 N–H and O–H groups in total. The number of hydrogen-bond donors (Lipinski definition) is 2. The molecule has 6 heteroatoms. The average Bonchev–Trinajstić information content (AvgIpc) is 3.02. The number of thioether (sulfide) groups is 1. The van der Waals surface area contributed by atoms with Gasteiger partial charge in [0.05, 0.1) is 13.2 Å². The highest BCUT2D eigenvalue weighted by Crippen LogP contribution is 2.18. The van der Waals surface area contributed by atoms with Gasteiger partial charge in [0.25, 0.3) is 0 Å². The van der Waals surface area contributed by atoms with E-state index in [0.717, 1.165) is 17.1 Å². The fourth-order valence-electron chi connectivity index (χ4n) is 1.82. The van der Waals surface area contributed by atoms with Gasteiger partial charge in [-0.05, 0) is 17.7 Å². The van der Waals surface area contributed by atoms with Crippen LogP contribution < -0.4 is 4.74 Å². The smallest absolute Gasteiger partial charge is 0.200 e. The second kappa shape index (κ2) is 7.85. The van der Waals surface area contributed by atoms with E-state index in [9.17, 15) is 9.90 Å². The van der Waals surface area contributed by atoms with Crippen LogP contribution in [0.4, 0.5) is 0 Å². The Kier molecular flexibility index (Phi) is 5.83. The first kappa shape index (κ1) is 15.6. The molecule has 2 aromatic rings. The highest BCUT2D eigenvalue weighted by atomic mass is 32.2. The molecule has 0 aliphatic rings. The molecule has 112 valence electrons. The molecule has 0 fully saturated rings. The van der Waals surface area contributed by atoms with E-state index in [1.807, 2.05) is 24.3 Å². The maximum atomic E-state index is 11.7. The van der Waals surface area contributed by atoms with E-state index < -0.39 is 6.10 Å². The molecule has 21 heavy (non-hydrogen) atoms. The Balaban J connectivity index is 1.71. The number of H-pyrrole nitrogens is 1. The molecular weight excluding hydrogens is 288 g/mol. The van der Waals surface area contributed by atoms with Gasteiger partial charge in [-0.15, -0.1) is 0 Å². The van der Waals surface area contributed by atoms with Crippen molar-refractivity contribution in [3.8, 4) is 5.75 Å². The molecular formula is C15H18N2O3S. The van der Waals surface area contributed by atoms with Crippen LogP contribution in [-0.4, -0.2) is 39.8 Å². The van der Waals surface area contributed by atoms with E-state index in [1.165, 1.54) is 6.20 Å². The predicted molar refractivity (Wildman–Crippen MR) is 82.7 cm³/mol. The predicted octanol–water partition coefficient (Wildman–Crippen LogP) is 2.29. The summed E-state index contributed by atoms with van der Waals surface area (Å²) in [5.74, 6) is 2.26. The molecule has 1 unspecified atom stereocenters. The minimum atomic E-state index is -0.661. The summed E-state index contributed by atoms with van der Waals surface area (Å²) in [7, 11) is 1.64. The van der Waals surface area contributed by atoms with Crippen LogP contribution in [-0.2, 0) is 5.75 Å². The zero-order chi connectivity index (χ0) is 15.1. The minimum absolute atomic E-state index is 0.0864. The van der Waals surface area contributed by atoms with Crippen molar-refractivity contribution in [3.05, 3.63) is 48.0 Å². The SMILES string of the molecule is COc1ccc(CSCC(O)CC(=O)c2ncc[nH]2)cc1. The van der Waals surface area contributed by atoms with Crippen LogP contribution in [0.5, 0.6) is 5.75 Å². The van der Waals surface area contributed by atoms with Crippen molar-refractivity contribution in [2.24, 2.45) is 0 Å². The molecule has 0 aliphatic heterocycles. The van der Waals surface area contributed by atoms with Gasteiger partial charge in [-0.3, -0.25) is 4.79 Å². The first-order chi connectivity index (χ1) is 10.2. The van der Waals surface area contributed by atoms with Gasteiger partial charge in [0.15, 0.2) is 5.82 Å². The number of imidazole rings is 1. The van der Waals surface area contributed by atoms with Gasteiger partial charge in [-0.25, -0.2) is 4.98 Å². The quantitative estimate of drug-likeness (QED) is 0.732. The summed E-state index contributed by atoms with van der Waals surface area (Å²) in [6.07, 6.45) is 2.55. The summed E-state index contributed by atoms with van der Waals surface area (Å²) in [4.78, 5) is 18.4. The van der Waals surface area contributed by atoms with Gasteiger partial charge in [0.2, 0.25) is 5.78 Å². The van der Waals surface area contributed by atoms with Crippen LogP contribution in [0.1, 0.15) is 22.6 Å². The lowest BCUT2D eigenvalue weighted by atomic mass is 10.2. The molecule has 0 spiro atoms. The second-order valence-corrected chi connectivity index (χ2v) is 5.61. The Labute approximate surface area is 127 Å². The maximum Gasteiger partial charge on any atom is 0.200 e. The Morgan fingerprint density at radius 1 is 1.43 bits per heavy atom. The van der Waals surface area contributed by atoms with Crippen molar-refractivity contribution in [1.82, 2.24) is 9.97 Å². The van der Waals surface area contributed by atoms with Crippen molar-refractivity contribution in [1.29, 1.82) is 0 Å². The highest BCUT2D eigenvalue weighted by Gasteiger charge is 2.14. The van der Waals surface area contributed by atoms with E-state index in [0.29, 0.717) is 11.6 Å². The van der Waals surface area contributed by atoms with Crippen molar-refractivity contribution >= 4 is 17.5 Å². The normalized spacial score (nSPS) is 12.1. The molecule has 2 rings (SSSR count). The topological polar surface area (TPSA) is 75.2 Å². The second-order valence-electron chi connectivity index (χ2n) is 4.58. The number of methoxy groups -OCH3 is 1. The Hall–Kier alpha value is -1.79. The fourth-order valence-corrected chi connectivity index (χ4v) is 2.76. The van der Waals surface area contributed by atoms with Crippen molar-refractivity contribution < 1.29 is 14.6 Å². The Morgan fingerprint density at radius 3 is 2.81 bits per heavy atom. The number of rotatable bonds is 8. The summed E-state index contributed by atoms with van der Waals surface area (Å²) in [5, 5.41) is 9.88. The van der Waals surface area contributed by atoms with Gasteiger partial charge >= 0.3 is 0 Å². The zero-order valence-corrected chi connectivity index (χ0v) is 12.6. The monoisotopic (exact) mass is 306 g/mol. The number of nitrogens with one attached hydrogen (secondary N) is 1. The lowest BCUT2D eigenvalue weighted by molar-refractivity contribution is 0.0896. The number of carbonyl (C=O) groups excluding carboxylic acids is 1. The van der Waals surface area contributed by atoms with E-state index in [4.69, 9.17) is 4.74 Å². The third-order valence-corrected chi connectivity index (χ3v) is 4.08. The van der Waals surface area contributed by atoms with Crippen LogP contribution >= 0.6 is 11.8 Å². The van der Waals surface area contributed by atoms with Gasteiger partial charge in [0, 0.05) is 30.3 Å². The lowest BCUT2D eigenvalue weighted by Gasteiger charge is -2.09. The van der Waals surface area contributed by atoms with Crippen molar-refractivity contribution in [2.45, 2.75) is 18.3 Å². The zero-order valence-electron chi connectivity index (χ0n) is 11.8. The lowest BCUT2D eigenvalue weighted by Crippen LogP contribution is -2.17. The molecule has 0 bridgehead atoms. The Morgan fingerprint density at radius 2 is 2.19 bits per heavy atom. The number of aliphatic hydroxyl groups is 1. The molecule has 0 saturated heterocycles. The van der Waals surface area contributed by atoms with Crippen LogP contribution in [0.3, 0.4) is 0 Å². The minimum Gasteiger partial charge on any atom is -0.497 e. The number of benzene rings is 1. The molecule has 1 aromatic carbocycles. The summed E-state index contributed by atoms with van der Waals surface area (Å²) in [6, 6.07) is 7.80.